The zero-order valence-electron chi connectivity index (χ0n) is 17.3. The van der Waals surface area contributed by atoms with E-state index in [0.717, 1.165) is 28.0 Å². The molecule has 0 aliphatic carbocycles. The number of methoxy groups -OCH3 is 1. The molecule has 5 rings (SSSR count). The molecule has 0 atom stereocenters. The maximum Gasteiger partial charge on any atom is 0.196 e. The molecule has 0 spiro atoms. The number of furan rings is 1. The van der Waals surface area contributed by atoms with Crippen LogP contribution in [0.2, 0.25) is 10.0 Å². The average Bonchev–Trinajstić information content (AvgIpc) is 3.48. The Balaban J connectivity index is 1.65. The molecule has 0 amide bonds. The van der Waals surface area contributed by atoms with Crippen LogP contribution in [0.1, 0.15) is 5.56 Å². The van der Waals surface area contributed by atoms with E-state index < -0.39 is 0 Å². The number of thioether (sulfide) groups is 1. The first-order valence-corrected chi connectivity index (χ1v) is 11.5. The van der Waals surface area contributed by atoms with Crippen LogP contribution in [0.15, 0.2) is 70.4 Å². The molecule has 0 radical (unpaired) electrons. The second kappa shape index (κ2) is 8.58. The highest BCUT2D eigenvalue weighted by atomic mass is 35.5. The van der Waals surface area contributed by atoms with Crippen molar-refractivity contribution in [3.63, 3.8) is 0 Å². The van der Waals surface area contributed by atoms with Crippen LogP contribution in [0, 0.1) is 0 Å². The molecule has 3 heterocycles. The fourth-order valence-electron chi connectivity index (χ4n) is 3.62. The molecular formula is C23H18Cl2N4O2S. The Morgan fingerprint density at radius 1 is 1.03 bits per heavy atom. The van der Waals surface area contributed by atoms with Gasteiger partial charge in [0.2, 0.25) is 0 Å². The molecule has 5 aromatic rings. The van der Waals surface area contributed by atoms with Crippen molar-refractivity contribution >= 4 is 46.1 Å². The lowest BCUT2D eigenvalue weighted by Gasteiger charge is -2.15. The number of hydrogen-bond acceptors (Lipinski definition) is 5. The predicted molar refractivity (Wildman–Crippen MR) is 128 cm³/mol. The molecule has 0 aliphatic heterocycles. The Morgan fingerprint density at radius 2 is 1.88 bits per heavy atom. The third-order valence-corrected chi connectivity index (χ3v) is 6.64. The minimum Gasteiger partial charge on any atom is -0.495 e. The largest absolute Gasteiger partial charge is 0.495 e. The van der Waals surface area contributed by atoms with E-state index >= 15 is 0 Å². The third kappa shape index (κ3) is 3.77. The zero-order chi connectivity index (χ0) is 22.2. The quantitative estimate of drug-likeness (QED) is 0.253. The SMILES string of the molecule is COc1ccc(Cl)cc1-n1c(SCc2cccc(Cl)c2)nnc1-c1cc2occc2n1C. The van der Waals surface area contributed by atoms with Crippen molar-refractivity contribution in [3.8, 4) is 23.0 Å². The fraction of sp³-hybridized carbons (Fsp3) is 0.130. The van der Waals surface area contributed by atoms with Gasteiger partial charge in [0.15, 0.2) is 16.6 Å². The predicted octanol–water partition coefficient (Wildman–Crippen LogP) is 6.63. The van der Waals surface area contributed by atoms with E-state index in [9.17, 15) is 0 Å². The Morgan fingerprint density at radius 3 is 2.66 bits per heavy atom. The highest BCUT2D eigenvalue weighted by Gasteiger charge is 2.23. The van der Waals surface area contributed by atoms with Crippen LogP contribution < -0.4 is 4.74 Å². The third-order valence-electron chi connectivity index (χ3n) is 5.17. The molecular weight excluding hydrogens is 467 g/mol. The number of ether oxygens (including phenoxy) is 1. The summed E-state index contributed by atoms with van der Waals surface area (Å²) in [6, 6.07) is 17.1. The molecule has 6 nitrogen and oxygen atoms in total. The number of hydrogen-bond donors (Lipinski definition) is 0. The van der Waals surface area contributed by atoms with Crippen LogP contribution in [-0.4, -0.2) is 26.4 Å². The summed E-state index contributed by atoms with van der Waals surface area (Å²) in [6.07, 6.45) is 1.67. The summed E-state index contributed by atoms with van der Waals surface area (Å²) in [5, 5.41) is 11.0. The van der Waals surface area contributed by atoms with Crippen LogP contribution >= 0.6 is 35.0 Å². The summed E-state index contributed by atoms with van der Waals surface area (Å²) >= 11 is 14.1. The Kier molecular flexibility index (Phi) is 5.63. The van der Waals surface area contributed by atoms with E-state index in [1.807, 2.05) is 64.7 Å². The number of aryl methyl sites for hydroxylation is 1. The number of benzene rings is 2. The molecule has 0 aliphatic rings. The average molecular weight is 485 g/mol. The van der Waals surface area contributed by atoms with Crippen molar-refractivity contribution in [2.45, 2.75) is 10.9 Å². The summed E-state index contributed by atoms with van der Waals surface area (Å²) in [6.45, 7) is 0. The van der Waals surface area contributed by atoms with Crippen molar-refractivity contribution in [3.05, 3.63) is 76.5 Å². The highest BCUT2D eigenvalue weighted by Crippen LogP contribution is 2.36. The molecule has 9 heteroatoms. The second-order valence-corrected chi connectivity index (χ2v) is 8.95. The summed E-state index contributed by atoms with van der Waals surface area (Å²) in [7, 11) is 3.60. The van der Waals surface area contributed by atoms with Gasteiger partial charge in [-0.1, -0.05) is 47.1 Å². The monoisotopic (exact) mass is 484 g/mol. The van der Waals surface area contributed by atoms with Crippen LogP contribution in [0.25, 0.3) is 28.3 Å². The number of nitrogens with zero attached hydrogens (tertiary/aromatic N) is 4. The van der Waals surface area contributed by atoms with E-state index in [-0.39, 0.29) is 0 Å². The van der Waals surface area contributed by atoms with Crippen LogP contribution in [0.3, 0.4) is 0 Å². The Bertz CT molecular complexity index is 1420. The van der Waals surface area contributed by atoms with E-state index in [1.165, 1.54) is 0 Å². The zero-order valence-corrected chi connectivity index (χ0v) is 19.6. The molecule has 0 saturated heterocycles. The maximum atomic E-state index is 6.36. The number of rotatable bonds is 6. The molecule has 0 unspecified atom stereocenters. The van der Waals surface area contributed by atoms with Gasteiger partial charge in [-0.25, -0.2) is 0 Å². The number of halogens is 2. The standard InChI is InChI=1S/C23H18Cl2N4O2S/c1-28-17-8-9-31-21(17)12-19(28)22-26-27-23(32-13-14-4-3-5-15(24)10-14)29(22)18-11-16(25)6-7-20(18)30-2/h3-12H,13H2,1-2H3. The minimum absolute atomic E-state index is 0.590. The lowest BCUT2D eigenvalue weighted by atomic mass is 10.2. The Labute approximate surface area is 198 Å². The van der Waals surface area contributed by atoms with Crippen molar-refractivity contribution in [2.24, 2.45) is 7.05 Å². The first kappa shape index (κ1) is 21.0. The molecule has 32 heavy (non-hydrogen) atoms. The second-order valence-electron chi connectivity index (χ2n) is 7.14. The summed E-state index contributed by atoms with van der Waals surface area (Å²) in [5.74, 6) is 2.00. The molecule has 0 N–H and O–H groups in total. The van der Waals surface area contributed by atoms with E-state index in [4.69, 9.17) is 32.4 Å². The van der Waals surface area contributed by atoms with Gasteiger partial charge < -0.3 is 13.7 Å². The van der Waals surface area contributed by atoms with Crippen LogP contribution in [0.5, 0.6) is 5.75 Å². The molecule has 0 fully saturated rings. The number of fused-ring (bicyclic) bond motifs is 1. The summed E-state index contributed by atoms with van der Waals surface area (Å²) in [4.78, 5) is 0. The molecule has 2 aromatic carbocycles. The van der Waals surface area contributed by atoms with Gasteiger partial charge in [0, 0.05) is 35.0 Å². The maximum absolute atomic E-state index is 6.36. The first-order chi connectivity index (χ1) is 15.5. The van der Waals surface area contributed by atoms with E-state index in [2.05, 4.69) is 10.2 Å². The van der Waals surface area contributed by atoms with Gasteiger partial charge in [-0.2, -0.15) is 0 Å². The lowest BCUT2D eigenvalue weighted by Crippen LogP contribution is -2.04. The van der Waals surface area contributed by atoms with Gasteiger partial charge in [0.25, 0.3) is 0 Å². The van der Waals surface area contributed by atoms with Gasteiger partial charge in [-0.15, -0.1) is 10.2 Å². The molecule has 0 saturated carbocycles. The highest BCUT2D eigenvalue weighted by molar-refractivity contribution is 7.98. The van der Waals surface area contributed by atoms with Crippen molar-refractivity contribution in [1.82, 2.24) is 19.3 Å². The lowest BCUT2D eigenvalue weighted by molar-refractivity contribution is 0.412. The van der Waals surface area contributed by atoms with Crippen LogP contribution in [0.4, 0.5) is 0 Å². The minimum atomic E-state index is 0.590. The summed E-state index contributed by atoms with van der Waals surface area (Å²) in [5.41, 5.74) is 4.46. The summed E-state index contributed by atoms with van der Waals surface area (Å²) < 4.78 is 15.2. The molecule has 162 valence electrons. The van der Waals surface area contributed by atoms with Gasteiger partial charge in [0.05, 0.1) is 30.3 Å². The normalized spacial score (nSPS) is 11.4. The van der Waals surface area contributed by atoms with Crippen molar-refractivity contribution in [1.29, 1.82) is 0 Å². The molecule has 3 aromatic heterocycles. The topological polar surface area (TPSA) is 58.0 Å². The van der Waals surface area contributed by atoms with E-state index in [0.29, 0.717) is 32.5 Å². The fourth-order valence-corrected chi connectivity index (χ4v) is 4.89. The van der Waals surface area contributed by atoms with Gasteiger partial charge in [0.1, 0.15) is 5.75 Å². The van der Waals surface area contributed by atoms with Gasteiger partial charge >= 0.3 is 0 Å². The molecule has 0 bridgehead atoms. The van der Waals surface area contributed by atoms with Crippen molar-refractivity contribution in [2.75, 3.05) is 7.11 Å². The van der Waals surface area contributed by atoms with Crippen molar-refractivity contribution < 1.29 is 9.15 Å². The first-order valence-electron chi connectivity index (χ1n) is 9.75. The smallest absolute Gasteiger partial charge is 0.196 e. The van der Waals surface area contributed by atoms with Crippen LogP contribution in [-0.2, 0) is 12.8 Å². The van der Waals surface area contributed by atoms with Gasteiger partial charge in [-0.05, 0) is 35.9 Å². The van der Waals surface area contributed by atoms with E-state index in [1.54, 1.807) is 31.2 Å². The Hall–Kier alpha value is -2.87. The number of aromatic nitrogens is 4. The van der Waals surface area contributed by atoms with Gasteiger partial charge in [-0.3, -0.25) is 4.57 Å².